The molecule has 0 unspecified atom stereocenters. The number of fused-ring (bicyclic) bond motifs is 1. The van der Waals surface area contributed by atoms with E-state index in [0.717, 1.165) is 10.8 Å². The van der Waals surface area contributed by atoms with E-state index in [4.69, 9.17) is 9.84 Å². The van der Waals surface area contributed by atoms with Crippen LogP contribution in [0.5, 0.6) is 11.5 Å². The minimum absolute atomic E-state index is 0.0484. The molecule has 0 fully saturated rings. The van der Waals surface area contributed by atoms with E-state index in [-0.39, 0.29) is 12.2 Å². The number of carboxylic acids is 1. The third-order valence-corrected chi connectivity index (χ3v) is 2.53. The molecule has 88 valence electrons. The fourth-order valence-electron chi connectivity index (χ4n) is 1.82. The maximum Gasteiger partial charge on any atom is 0.307 e. The number of rotatable bonds is 3. The Morgan fingerprint density at radius 1 is 1.29 bits per heavy atom. The van der Waals surface area contributed by atoms with Crippen LogP contribution in [0.1, 0.15) is 5.56 Å². The van der Waals surface area contributed by atoms with Crippen molar-refractivity contribution in [2.45, 2.75) is 6.42 Å². The van der Waals surface area contributed by atoms with Crippen molar-refractivity contribution in [2.24, 2.45) is 0 Å². The van der Waals surface area contributed by atoms with Crippen molar-refractivity contribution in [3.05, 3.63) is 35.9 Å². The molecule has 0 aliphatic carbocycles. The maximum absolute atomic E-state index is 10.7. The van der Waals surface area contributed by atoms with E-state index in [1.54, 1.807) is 30.3 Å². The summed E-state index contributed by atoms with van der Waals surface area (Å²) in [7, 11) is 1.52. The van der Waals surface area contributed by atoms with Gasteiger partial charge in [0.05, 0.1) is 13.5 Å². The Labute approximate surface area is 98.1 Å². The van der Waals surface area contributed by atoms with Gasteiger partial charge in [0.2, 0.25) is 0 Å². The predicted molar refractivity (Wildman–Crippen MR) is 63.5 cm³/mol. The Hall–Kier alpha value is -2.23. The lowest BCUT2D eigenvalue weighted by molar-refractivity contribution is -0.136. The number of benzene rings is 2. The fraction of sp³-hybridized carbons (Fsp3) is 0.154. The Morgan fingerprint density at radius 3 is 2.71 bits per heavy atom. The molecular formula is C13H12O4. The highest BCUT2D eigenvalue weighted by atomic mass is 16.5. The first-order chi connectivity index (χ1) is 8.10. The number of carbonyl (C=O) groups is 1. The Kier molecular flexibility index (Phi) is 2.87. The first-order valence-corrected chi connectivity index (χ1v) is 5.11. The van der Waals surface area contributed by atoms with E-state index in [2.05, 4.69) is 0 Å². The highest BCUT2D eigenvalue weighted by Gasteiger charge is 2.08. The molecule has 4 nitrogen and oxygen atoms in total. The lowest BCUT2D eigenvalue weighted by Crippen LogP contribution is -2.00. The molecule has 0 saturated heterocycles. The lowest BCUT2D eigenvalue weighted by Gasteiger charge is -2.08. The van der Waals surface area contributed by atoms with Crippen molar-refractivity contribution < 1.29 is 19.7 Å². The number of carboxylic acid groups (broad SMARTS) is 1. The summed E-state index contributed by atoms with van der Waals surface area (Å²) >= 11 is 0. The normalized spacial score (nSPS) is 10.4. The van der Waals surface area contributed by atoms with Crippen molar-refractivity contribution in [3.8, 4) is 11.5 Å². The number of hydrogen-bond acceptors (Lipinski definition) is 3. The van der Waals surface area contributed by atoms with Gasteiger partial charge in [-0.25, -0.2) is 0 Å². The van der Waals surface area contributed by atoms with Crippen LogP contribution < -0.4 is 4.74 Å². The predicted octanol–water partition coefficient (Wildman–Crippen LogP) is 2.18. The van der Waals surface area contributed by atoms with E-state index in [9.17, 15) is 9.90 Å². The summed E-state index contributed by atoms with van der Waals surface area (Å²) in [5.74, 6) is -0.165. The van der Waals surface area contributed by atoms with Crippen molar-refractivity contribution >= 4 is 16.7 Å². The number of ether oxygens (including phenoxy) is 1. The summed E-state index contributed by atoms with van der Waals surface area (Å²) in [6.45, 7) is 0. The van der Waals surface area contributed by atoms with E-state index in [1.807, 2.05) is 0 Å². The third kappa shape index (κ3) is 2.30. The van der Waals surface area contributed by atoms with E-state index >= 15 is 0 Å². The van der Waals surface area contributed by atoms with Crippen LogP contribution in [0.2, 0.25) is 0 Å². The number of hydrogen-bond donors (Lipinski definition) is 2. The monoisotopic (exact) mass is 232 g/mol. The average molecular weight is 232 g/mol. The molecule has 0 radical (unpaired) electrons. The molecule has 0 aliphatic heterocycles. The van der Waals surface area contributed by atoms with Gasteiger partial charge in [-0.3, -0.25) is 4.79 Å². The van der Waals surface area contributed by atoms with Gasteiger partial charge in [-0.15, -0.1) is 0 Å². The largest absolute Gasteiger partial charge is 0.508 e. The van der Waals surface area contributed by atoms with Crippen LogP contribution in [-0.4, -0.2) is 23.3 Å². The Morgan fingerprint density at radius 2 is 2.06 bits per heavy atom. The molecule has 0 saturated carbocycles. The molecule has 0 aliphatic rings. The number of methoxy groups -OCH3 is 1. The summed E-state index contributed by atoms with van der Waals surface area (Å²) < 4.78 is 5.20. The molecule has 2 N–H and O–H groups in total. The van der Waals surface area contributed by atoms with Crippen LogP contribution in [0, 0.1) is 0 Å². The number of aliphatic carboxylic acids is 1. The molecule has 2 aromatic rings. The molecule has 2 aromatic carbocycles. The summed E-state index contributed by atoms with van der Waals surface area (Å²) in [5.41, 5.74) is 0.674. The van der Waals surface area contributed by atoms with Crippen LogP contribution in [-0.2, 0) is 11.2 Å². The van der Waals surface area contributed by atoms with Gasteiger partial charge in [0, 0.05) is 5.39 Å². The third-order valence-electron chi connectivity index (χ3n) is 2.53. The number of phenols is 1. The highest BCUT2D eigenvalue weighted by Crippen LogP contribution is 2.30. The van der Waals surface area contributed by atoms with Crippen LogP contribution in [0.3, 0.4) is 0 Å². The summed E-state index contributed by atoms with van der Waals surface area (Å²) in [6.07, 6.45) is -0.0484. The summed E-state index contributed by atoms with van der Waals surface area (Å²) in [4.78, 5) is 10.7. The molecule has 0 heterocycles. The van der Waals surface area contributed by atoms with E-state index in [1.165, 1.54) is 7.11 Å². The molecule has 4 heteroatoms. The maximum atomic E-state index is 10.7. The van der Waals surface area contributed by atoms with Gasteiger partial charge in [0.25, 0.3) is 0 Å². The summed E-state index contributed by atoms with van der Waals surface area (Å²) in [5, 5.41) is 19.8. The second kappa shape index (κ2) is 4.33. The minimum Gasteiger partial charge on any atom is -0.508 e. The van der Waals surface area contributed by atoms with Crippen LogP contribution in [0.25, 0.3) is 10.8 Å². The lowest BCUT2D eigenvalue weighted by atomic mass is 10.0. The number of phenolic OH excluding ortho intramolecular Hbond substituents is 1. The zero-order chi connectivity index (χ0) is 12.4. The molecule has 0 atom stereocenters. The van der Waals surface area contributed by atoms with Crippen molar-refractivity contribution in [2.75, 3.05) is 7.11 Å². The van der Waals surface area contributed by atoms with Gasteiger partial charge in [0.1, 0.15) is 11.5 Å². The quantitative estimate of drug-likeness (QED) is 0.851. The second-order valence-corrected chi connectivity index (χ2v) is 3.77. The molecule has 0 bridgehead atoms. The second-order valence-electron chi connectivity index (χ2n) is 3.77. The average Bonchev–Trinajstić information content (AvgIpc) is 2.27. The molecule has 17 heavy (non-hydrogen) atoms. The molecule has 2 rings (SSSR count). The molecule has 0 amide bonds. The SMILES string of the molecule is COc1cc(CC(=O)O)cc2ccc(O)cc12. The van der Waals surface area contributed by atoms with E-state index < -0.39 is 5.97 Å². The van der Waals surface area contributed by atoms with Gasteiger partial charge in [-0.1, -0.05) is 12.1 Å². The highest BCUT2D eigenvalue weighted by molar-refractivity contribution is 5.91. The summed E-state index contributed by atoms with van der Waals surface area (Å²) in [6, 6.07) is 8.35. The molecule has 0 spiro atoms. The smallest absolute Gasteiger partial charge is 0.307 e. The number of aromatic hydroxyl groups is 1. The molecule has 0 aromatic heterocycles. The van der Waals surface area contributed by atoms with Gasteiger partial charge in [0.15, 0.2) is 0 Å². The van der Waals surface area contributed by atoms with Crippen molar-refractivity contribution in [3.63, 3.8) is 0 Å². The first kappa shape index (κ1) is 11.3. The Balaban J connectivity index is 2.61. The van der Waals surface area contributed by atoms with E-state index in [0.29, 0.717) is 11.3 Å². The fourth-order valence-corrected chi connectivity index (χ4v) is 1.82. The van der Waals surface area contributed by atoms with Crippen molar-refractivity contribution in [1.29, 1.82) is 0 Å². The van der Waals surface area contributed by atoms with Gasteiger partial charge < -0.3 is 14.9 Å². The van der Waals surface area contributed by atoms with Crippen molar-refractivity contribution in [1.82, 2.24) is 0 Å². The minimum atomic E-state index is -0.884. The van der Waals surface area contributed by atoms with Gasteiger partial charge in [-0.2, -0.15) is 0 Å². The zero-order valence-electron chi connectivity index (χ0n) is 9.30. The first-order valence-electron chi connectivity index (χ1n) is 5.11. The van der Waals surface area contributed by atoms with Crippen LogP contribution in [0.4, 0.5) is 0 Å². The van der Waals surface area contributed by atoms with Gasteiger partial charge >= 0.3 is 5.97 Å². The topological polar surface area (TPSA) is 66.8 Å². The van der Waals surface area contributed by atoms with Crippen LogP contribution in [0.15, 0.2) is 30.3 Å². The van der Waals surface area contributed by atoms with Crippen LogP contribution >= 0.6 is 0 Å². The standard InChI is InChI=1S/C13H12O4/c1-17-12-5-8(6-13(15)16)4-9-2-3-10(14)7-11(9)12/h2-5,7,14H,6H2,1H3,(H,15,16). The Bertz CT molecular complexity index is 575. The molecular weight excluding hydrogens is 220 g/mol. The zero-order valence-corrected chi connectivity index (χ0v) is 9.30. The van der Waals surface area contributed by atoms with Gasteiger partial charge in [-0.05, 0) is 29.1 Å².